The normalized spacial score (nSPS) is 18.8. The van der Waals surface area contributed by atoms with Gasteiger partial charge in [0.2, 0.25) is 0 Å². The molecule has 18 heavy (non-hydrogen) atoms. The van der Waals surface area contributed by atoms with E-state index in [9.17, 15) is 4.39 Å². The maximum Gasteiger partial charge on any atom is 0.142 e. The highest BCUT2D eigenvalue weighted by molar-refractivity contribution is 9.10. The molecule has 1 aromatic rings. The van der Waals surface area contributed by atoms with Crippen molar-refractivity contribution < 1.29 is 9.13 Å². The monoisotopic (exact) mass is 316 g/mol. The predicted molar refractivity (Wildman–Crippen MR) is 72.3 cm³/mol. The molecule has 1 saturated heterocycles. The maximum absolute atomic E-state index is 14.0. The van der Waals surface area contributed by atoms with Crippen LogP contribution in [0.15, 0.2) is 22.7 Å². The van der Waals surface area contributed by atoms with Gasteiger partial charge in [-0.2, -0.15) is 0 Å². The average Bonchev–Trinajstić information content (AvgIpc) is 2.41. The molecule has 100 valence electrons. The molecule has 3 nitrogen and oxygen atoms in total. The first-order valence-corrected chi connectivity index (χ1v) is 6.99. The predicted octanol–water partition coefficient (Wildman–Crippen LogP) is 2.91. The molecule has 0 radical (unpaired) electrons. The minimum Gasteiger partial charge on any atom is -0.381 e. The second-order valence-corrected chi connectivity index (χ2v) is 5.51. The summed E-state index contributed by atoms with van der Waals surface area (Å²) >= 11 is 3.21. The molecule has 1 heterocycles. The van der Waals surface area contributed by atoms with Crippen molar-refractivity contribution in [1.29, 1.82) is 0 Å². The van der Waals surface area contributed by atoms with Crippen LogP contribution in [0.2, 0.25) is 0 Å². The van der Waals surface area contributed by atoms with Crippen LogP contribution in [0.5, 0.6) is 0 Å². The van der Waals surface area contributed by atoms with Crippen LogP contribution in [0.1, 0.15) is 30.9 Å². The summed E-state index contributed by atoms with van der Waals surface area (Å²) in [5.74, 6) is 5.89. The summed E-state index contributed by atoms with van der Waals surface area (Å²) in [7, 11) is 0. The Morgan fingerprint density at radius 3 is 2.83 bits per heavy atom. The van der Waals surface area contributed by atoms with Crippen LogP contribution in [0.3, 0.4) is 0 Å². The Kier molecular flexibility index (Phi) is 5.12. The molecular weight excluding hydrogens is 299 g/mol. The molecule has 1 atom stereocenters. The summed E-state index contributed by atoms with van der Waals surface area (Å²) in [6.45, 7) is 1.59. The Bertz CT molecular complexity index is 397. The zero-order chi connectivity index (χ0) is 13.0. The van der Waals surface area contributed by atoms with Gasteiger partial charge in [0, 0.05) is 24.8 Å². The van der Waals surface area contributed by atoms with Crippen molar-refractivity contribution >= 4 is 15.9 Å². The smallest absolute Gasteiger partial charge is 0.142 e. The van der Waals surface area contributed by atoms with Gasteiger partial charge in [0.25, 0.3) is 0 Å². The van der Waals surface area contributed by atoms with Crippen molar-refractivity contribution in [3.8, 4) is 0 Å². The summed E-state index contributed by atoms with van der Waals surface area (Å²) < 4.78 is 19.8. The fourth-order valence-electron chi connectivity index (χ4n) is 2.39. The van der Waals surface area contributed by atoms with Gasteiger partial charge >= 0.3 is 0 Å². The molecular formula is C13H18BrFN2O. The van der Waals surface area contributed by atoms with Crippen LogP contribution in [-0.4, -0.2) is 13.2 Å². The van der Waals surface area contributed by atoms with Gasteiger partial charge in [-0.3, -0.25) is 11.3 Å². The molecule has 0 bridgehead atoms. The van der Waals surface area contributed by atoms with Gasteiger partial charge in [-0.1, -0.05) is 12.1 Å². The largest absolute Gasteiger partial charge is 0.381 e. The molecule has 0 aromatic heterocycles. The summed E-state index contributed by atoms with van der Waals surface area (Å²) in [5, 5.41) is 0. The lowest BCUT2D eigenvalue weighted by Crippen LogP contribution is -2.31. The Balaban J connectivity index is 2.09. The molecule has 0 amide bonds. The van der Waals surface area contributed by atoms with E-state index in [1.165, 1.54) is 0 Å². The van der Waals surface area contributed by atoms with Gasteiger partial charge in [0.05, 0.1) is 4.47 Å². The lowest BCUT2D eigenvalue weighted by Gasteiger charge is -2.26. The van der Waals surface area contributed by atoms with E-state index in [1.807, 2.05) is 6.07 Å². The van der Waals surface area contributed by atoms with E-state index in [-0.39, 0.29) is 11.9 Å². The van der Waals surface area contributed by atoms with E-state index < -0.39 is 0 Å². The fourth-order valence-corrected chi connectivity index (χ4v) is 2.77. The third kappa shape index (κ3) is 3.29. The topological polar surface area (TPSA) is 47.3 Å². The van der Waals surface area contributed by atoms with Gasteiger partial charge < -0.3 is 4.74 Å². The summed E-state index contributed by atoms with van der Waals surface area (Å²) in [5.41, 5.74) is 3.36. The van der Waals surface area contributed by atoms with E-state index in [2.05, 4.69) is 21.4 Å². The molecule has 2 rings (SSSR count). The molecule has 1 aliphatic heterocycles. The van der Waals surface area contributed by atoms with Crippen molar-refractivity contribution in [2.45, 2.75) is 25.3 Å². The highest BCUT2D eigenvalue weighted by Crippen LogP contribution is 2.30. The zero-order valence-electron chi connectivity index (χ0n) is 10.2. The zero-order valence-corrected chi connectivity index (χ0v) is 11.7. The molecule has 3 N–H and O–H groups in total. The van der Waals surface area contributed by atoms with Crippen molar-refractivity contribution in [2.75, 3.05) is 13.2 Å². The number of benzene rings is 1. The number of rotatable bonds is 4. The van der Waals surface area contributed by atoms with E-state index >= 15 is 0 Å². The first-order valence-electron chi connectivity index (χ1n) is 6.20. The summed E-state index contributed by atoms with van der Waals surface area (Å²) in [4.78, 5) is 0. The third-order valence-electron chi connectivity index (χ3n) is 3.47. The van der Waals surface area contributed by atoms with Crippen LogP contribution in [0.4, 0.5) is 4.39 Å². The number of nitrogens with two attached hydrogens (primary N) is 1. The SMILES string of the molecule is NNC(CC1CCOCC1)c1cccc(Br)c1F. The van der Waals surface area contributed by atoms with Crippen molar-refractivity contribution in [1.82, 2.24) is 5.43 Å². The van der Waals surface area contributed by atoms with Crippen molar-refractivity contribution in [2.24, 2.45) is 11.8 Å². The molecule has 1 unspecified atom stereocenters. The second-order valence-electron chi connectivity index (χ2n) is 4.65. The fraction of sp³-hybridized carbons (Fsp3) is 0.538. The molecule has 0 aliphatic carbocycles. The Hall–Kier alpha value is -0.490. The number of hydrogen-bond donors (Lipinski definition) is 2. The van der Waals surface area contributed by atoms with E-state index in [4.69, 9.17) is 10.6 Å². The van der Waals surface area contributed by atoms with E-state index in [1.54, 1.807) is 12.1 Å². The van der Waals surface area contributed by atoms with Crippen LogP contribution >= 0.6 is 15.9 Å². The quantitative estimate of drug-likeness (QED) is 0.663. The molecule has 1 fully saturated rings. The first kappa shape index (κ1) is 13.9. The Labute approximate surface area is 115 Å². The third-order valence-corrected chi connectivity index (χ3v) is 4.08. The first-order chi connectivity index (χ1) is 8.72. The molecule has 0 spiro atoms. The highest BCUT2D eigenvalue weighted by atomic mass is 79.9. The number of nitrogens with one attached hydrogen (secondary N) is 1. The number of hydrazine groups is 1. The van der Waals surface area contributed by atoms with Crippen LogP contribution in [-0.2, 0) is 4.74 Å². The van der Waals surface area contributed by atoms with Crippen LogP contribution in [0.25, 0.3) is 0 Å². The van der Waals surface area contributed by atoms with Gasteiger partial charge in [-0.25, -0.2) is 4.39 Å². The van der Waals surface area contributed by atoms with Crippen LogP contribution < -0.4 is 11.3 Å². The van der Waals surface area contributed by atoms with Crippen LogP contribution in [0, 0.1) is 11.7 Å². The number of ether oxygens (including phenoxy) is 1. The van der Waals surface area contributed by atoms with Crippen molar-refractivity contribution in [3.05, 3.63) is 34.1 Å². The molecule has 1 aromatic carbocycles. The maximum atomic E-state index is 14.0. The van der Waals surface area contributed by atoms with Gasteiger partial charge in [0.1, 0.15) is 5.82 Å². The standard InChI is InChI=1S/C13H18BrFN2O/c14-11-3-1-2-10(13(11)15)12(17-16)8-9-4-6-18-7-5-9/h1-3,9,12,17H,4-8,16H2. The minimum absolute atomic E-state index is 0.148. The molecule has 0 saturated carbocycles. The highest BCUT2D eigenvalue weighted by Gasteiger charge is 2.22. The molecule has 1 aliphatic rings. The van der Waals surface area contributed by atoms with Gasteiger partial charge in [-0.15, -0.1) is 0 Å². The summed E-state index contributed by atoms with van der Waals surface area (Å²) in [6.07, 6.45) is 2.88. The van der Waals surface area contributed by atoms with Gasteiger partial charge in [0.15, 0.2) is 0 Å². The molecule has 5 heteroatoms. The minimum atomic E-state index is -0.229. The number of hydrogen-bond acceptors (Lipinski definition) is 3. The summed E-state index contributed by atoms with van der Waals surface area (Å²) in [6, 6.07) is 5.16. The number of halogens is 2. The van der Waals surface area contributed by atoms with Gasteiger partial charge in [-0.05, 0) is 47.2 Å². The lowest BCUT2D eigenvalue weighted by atomic mass is 9.89. The van der Waals surface area contributed by atoms with E-state index in [0.717, 1.165) is 32.5 Å². The Morgan fingerprint density at radius 1 is 1.44 bits per heavy atom. The Morgan fingerprint density at radius 2 is 2.17 bits per heavy atom. The second kappa shape index (κ2) is 6.61. The van der Waals surface area contributed by atoms with E-state index in [0.29, 0.717) is 16.0 Å². The lowest BCUT2D eigenvalue weighted by molar-refractivity contribution is 0.0604. The average molecular weight is 317 g/mol. The van der Waals surface area contributed by atoms with Crippen molar-refractivity contribution in [3.63, 3.8) is 0 Å².